The number of fused-ring (bicyclic) bond motifs is 3. The fraction of sp³-hybridized carbons (Fsp3) is 0.522. The first-order valence-electron chi connectivity index (χ1n) is 10.9. The number of amides is 1. The standard InChI is InChI=1S/C23H31N5O2/c1-16-11-17(2)14-27(13-16)10-6-9-24-21(29)15-28-23(30)22-19(12-25-28)18-7-4-5-8-20(18)26(22)3/h4-5,7-8,12,16-17H,6,9-11,13-15H2,1-3H3,(H,24,29)/t16-,17-/m0/s1. The zero-order valence-corrected chi connectivity index (χ0v) is 18.1. The number of likely N-dealkylation sites (tertiary alicyclic amines) is 1. The summed E-state index contributed by atoms with van der Waals surface area (Å²) >= 11 is 0. The second-order valence-corrected chi connectivity index (χ2v) is 8.85. The molecule has 2 atom stereocenters. The number of nitrogens with one attached hydrogen (secondary N) is 1. The topological polar surface area (TPSA) is 72.2 Å². The van der Waals surface area contributed by atoms with E-state index in [1.807, 2.05) is 35.9 Å². The van der Waals surface area contributed by atoms with Crippen LogP contribution >= 0.6 is 0 Å². The van der Waals surface area contributed by atoms with Gasteiger partial charge in [0.1, 0.15) is 12.1 Å². The molecule has 1 fully saturated rings. The predicted molar refractivity (Wildman–Crippen MR) is 119 cm³/mol. The lowest BCUT2D eigenvalue weighted by Gasteiger charge is -2.34. The van der Waals surface area contributed by atoms with Crippen LogP contribution in [0, 0.1) is 11.8 Å². The van der Waals surface area contributed by atoms with E-state index in [0.29, 0.717) is 12.1 Å². The Kier molecular flexibility index (Phi) is 5.90. The summed E-state index contributed by atoms with van der Waals surface area (Å²) in [5, 5.41) is 9.00. The monoisotopic (exact) mass is 409 g/mol. The van der Waals surface area contributed by atoms with E-state index >= 15 is 0 Å². The molecule has 7 heteroatoms. The molecule has 1 aromatic carbocycles. The molecule has 1 N–H and O–H groups in total. The van der Waals surface area contributed by atoms with Crippen molar-refractivity contribution in [2.24, 2.45) is 18.9 Å². The van der Waals surface area contributed by atoms with Gasteiger partial charge in [-0.15, -0.1) is 0 Å². The summed E-state index contributed by atoms with van der Waals surface area (Å²) < 4.78 is 3.13. The number of nitrogens with zero attached hydrogens (tertiary/aromatic N) is 4. The molecule has 3 aromatic rings. The molecular weight excluding hydrogens is 378 g/mol. The van der Waals surface area contributed by atoms with Gasteiger partial charge >= 0.3 is 0 Å². The van der Waals surface area contributed by atoms with Gasteiger partial charge in [-0.3, -0.25) is 9.59 Å². The SMILES string of the molecule is C[C@H]1C[C@H](C)CN(CCCNC(=O)Cn2ncc3c4ccccc4n(C)c3c2=O)C1. The summed E-state index contributed by atoms with van der Waals surface area (Å²) in [4.78, 5) is 27.8. The van der Waals surface area contributed by atoms with Crippen LogP contribution in [-0.4, -0.2) is 51.3 Å². The molecule has 0 aliphatic carbocycles. The second-order valence-electron chi connectivity index (χ2n) is 8.85. The largest absolute Gasteiger partial charge is 0.354 e. The van der Waals surface area contributed by atoms with Crippen LogP contribution in [0.4, 0.5) is 0 Å². The lowest BCUT2D eigenvalue weighted by molar-refractivity contribution is -0.121. The molecule has 1 aliphatic heterocycles. The van der Waals surface area contributed by atoms with Gasteiger partial charge in [-0.2, -0.15) is 5.10 Å². The lowest BCUT2D eigenvalue weighted by atomic mass is 9.92. The van der Waals surface area contributed by atoms with Crippen LogP contribution in [0.5, 0.6) is 0 Å². The van der Waals surface area contributed by atoms with Crippen LogP contribution in [0.25, 0.3) is 21.8 Å². The highest BCUT2D eigenvalue weighted by atomic mass is 16.2. The van der Waals surface area contributed by atoms with Crippen molar-refractivity contribution < 1.29 is 4.79 Å². The molecule has 0 unspecified atom stereocenters. The van der Waals surface area contributed by atoms with Crippen molar-refractivity contribution in [1.29, 1.82) is 0 Å². The lowest BCUT2D eigenvalue weighted by Crippen LogP contribution is -2.40. The fourth-order valence-corrected chi connectivity index (χ4v) is 4.92. The molecule has 160 valence electrons. The summed E-state index contributed by atoms with van der Waals surface area (Å²) in [6, 6.07) is 7.87. The van der Waals surface area contributed by atoms with Crippen molar-refractivity contribution in [1.82, 2.24) is 24.6 Å². The number of rotatable bonds is 6. The van der Waals surface area contributed by atoms with Gasteiger partial charge in [-0.25, -0.2) is 4.68 Å². The maximum absolute atomic E-state index is 12.9. The molecule has 0 spiro atoms. The molecule has 4 rings (SSSR count). The number of carbonyl (C=O) groups is 1. The normalized spacial score (nSPS) is 20.1. The van der Waals surface area contributed by atoms with E-state index in [1.54, 1.807) is 6.20 Å². The van der Waals surface area contributed by atoms with E-state index in [0.717, 1.165) is 54.2 Å². The maximum atomic E-state index is 12.9. The Balaban J connectivity index is 1.36. The third-order valence-corrected chi connectivity index (χ3v) is 6.12. The molecule has 0 radical (unpaired) electrons. The van der Waals surface area contributed by atoms with Gasteiger partial charge < -0.3 is 14.8 Å². The molecular formula is C23H31N5O2. The first-order chi connectivity index (χ1) is 14.4. The first-order valence-corrected chi connectivity index (χ1v) is 10.9. The van der Waals surface area contributed by atoms with Crippen molar-refractivity contribution in [2.45, 2.75) is 33.2 Å². The third kappa shape index (κ3) is 4.12. The summed E-state index contributed by atoms with van der Waals surface area (Å²) in [5.74, 6) is 1.30. The fourth-order valence-electron chi connectivity index (χ4n) is 4.92. The minimum atomic E-state index is -0.238. The van der Waals surface area contributed by atoms with Gasteiger partial charge in [-0.1, -0.05) is 32.0 Å². The van der Waals surface area contributed by atoms with E-state index < -0.39 is 0 Å². The smallest absolute Gasteiger partial charge is 0.291 e. The van der Waals surface area contributed by atoms with Gasteiger partial charge in [0.25, 0.3) is 5.56 Å². The molecule has 0 saturated carbocycles. The van der Waals surface area contributed by atoms with E-state index in [2.05, 4.69) is 29.2 Å². The van der Waals surface area contributed by atoms with Crippen molar-refractivity contribution in [3.63, 3.8) is 0 Å². The maximum Gasteiger partial charge on any atom is 0.291 e. The summed E-state index contributed by atoms with van der Waals surface area (Å²) in [6.07, 6.45) is 3.90. The van der Waals surface area contributed by atoms with Gasteiger partial charge in [0, 0.05) is 43.0 Å². The highest BCUT2D eigenvalue weighted by Gasteiger charge is 2.21. The van der Waals surface area contributed by atoms with Gasteiger partial charge in [-0.05, 0) is 37.3 Å². The van der Waals surface area contributed by atoms with Crippen LogP contribution in [0.2, 0.25) is 0 Å². The average Bonchev–Trinajstić information content (AvgIpc) is 3.00. The van der Waals surface area contributed by atoms with E-state index in [9.17, 15) is 9.59 Å². The van der Waals surface area contributed by atoms with E-state index in [4.69, 9.17) is 0 Å². The highest BCUT2D eigenvalue weighted by molar-refractivity contribution is 6.07. The molecule has 30 heavy (non-hydrogen) atoms. The van der Waals surface area contributed by atoms with Crippen molar-refractivity contribution >= 4 is 27.7 Å². The summed E-state index contributed by atoms with van der Waals surface area (Å²) in [6.45, 7) is 8.45. The van der Waals surface area contributed by atoms with Crippen LogP contribution < -0.4 is 10.9 Å². The van der Waals surface area contributed by atoms with E-state index in [1.165, 1.54) is 11.1 Å². The van der Waals surface area contributed by atoms with Crippen molar-refractivity contribution in [3.8, 4) is 0 Å². The Labute approximate surface area is 176 Å². The second kappa shape index (κ2) is 8.60. The summed E-state index contributed by atoms with van der Waals surface area (Å²) in [7, 11) is 1.87. The molecule has 0 bridgehead atoms. The minimum absolute atomic E-state index is 0.0614. The van der Waals surface area contributed by atoms with Crippen LogP contribution in [-0.2, 0) is 18.4 Å². The Morgan fingerprint density at radius 3 is 2.67 bits per heavy atom. The van der Waals surface area contributed by atoms with Gasteiger partial charge in [0.15, 0.2) is 0 Å². The number of carbonyl (C=O) groups excluding carboxylic acids is 1. The average molecular weight is 410 g/mol. The Morgan fingerprint density at radius 1 is 1.17 bits per heavy atom. The minimum Gasteiger partial charge on any atom is -0.354 e. The molecule has 1 aliphatic rings. The zero-order chi connectivity index (χ0) is 21.3. The Morgan fingerprint density at radius 2 is 1.90 bits per heavy atom. The van der Waals surface area contributed by atoms with Crippen molar-refractivity contribution in [2.75, 3.05) is 26.2 Å². The molecule has 2 aromatic heterocycles. The molecule has 3 heterocycles. The third-order valence-electron chi connectivity index (χ3n) is 6.12. The Hall–Kier alpha value is -2.67. The number of benzene rings is 1. The van der Waals surface area contributed by atoms with Gasteiger partial charge in [0.2, 0.25) is 5.91 Å². The van der Waals surface area contributed by atoms with Crippen LogP contribution in [0.15, 0.2) is 35.3 Å². The molecule has 7 nitrogen and oxygen atoms in total. The number of aromatic nitrogens is 3. The van der Waals surface area contributed by atoms with Crippen LogP contribution in [0.3, 0.4) is 0 Å². The number of hydrogen-bond acceptors (Lipinski definition) is 4. The molecule has 1 amide bonds. The zero-order valence-electron chi connectivity index (χ0n) is 18.1. The van der Waals surface area contributed by atoms with Crippen molar-refractivity contribution in [3.05, 3.63) is 40.8 Å². The first kappa shape index (κ1) is 20.6. The van der Waals surface area contributed by atoms with E-state index in [-0.39, 0.29) is 18.0 Å². The number of aryl methyl sites for hydroxylation is 1. The number of piperidine rings is 1. The number of hydrogen-bond donors (Lipinski definition) is 1. The highest BCUT2D eigenvalue weighted by Crippen LogP contribution is 2.24. The van der Waals surface area contributed by atoms with Crippen LogP contribution in [0.1, 0.15) is 26.7 Å². The van der Waals surface area contributed by atoms with Gasteiger partial charge in [0.05, 0.1) is 6.20 Å². The summed E-state index contributed by atoms with van der Waals surface area (Å²) in [5.41, 5.74) is 1.32. The Bertz CT molecular complexity index is 1110. The quantitative estimate of drug-likeness (QED) is 0.635. The molecule has 1 saturated heterocycles. The predicted octanol–water partition coefficient (Wildman–Crippen LogP) is 2.37. The number of para-hydroxylation sites is 1.